The molecule has 9 heteroatoms. The number of aryl methyl sites for hydroxylation is 1. The fraction of sp³-hybridized carbons (Fsp3) is 0.464. The van der Waals surface area contributed by atoms with E-state index in [1.165, 1.54) is 37.8 Å². The first kappa shape index (κ1) is 23.8. The van der Waals surface area contributed by atoms with E-state index in [4.69, 9.17) is 9.72 Å². The molecule has 1 saturated heterocycles. The number of ether oxygens (including phenoxy) is 1. The minimum atomic E-state index is 0.432. The zero-order valence-electron chi connectivity index (χ0n) is 22.0. The molecular weight excluding hydrogens is 464 g/mol. The topological polar surface area (TPSA) is 76.3 Å². The first-order valence-corrected chi connectivity index (χ1v) is 13.3. The number of likely N-dealkylation sites (N-methyl/N-ethyl adjacent to an activating group) is 1. The van der Waals surface area contributed by atoms with Gasteiger partial charge in [-0.05, 0) is 38.1 Å². The van der Waals surface area contributed by atoms with Gasteiger partial charge >= 0.3 is 0 Å². The number of anilines is 3. The second-order valence-electron chi connectivity index (χ2n) is 10.4. The van der Waals surface area contributed by atoms with Gasteiger partial charge in [0.15, 0.2) is 0 Å². The van der Waals surface area contributed by atoms with Crippen molar-refractivity contribution >= 4 is 28.4 Å². The number of hydrogen-bond donors (Lipinski definition) is 1. The van der Waals surface area contributed by atoms with E-state index in [1.807, 2.05) is 24.1 Å². The molecule has 0 atom stereocenters. The van der Waals surface area contributed by atoms with Crippen molar-refractivity contribution in [3.63, 3.8) is 0 Å². The second-order valence-corrected chi connectivity index (χ2v) is 10.4. The van der Waals surface area contributed by atoms with Gasteiger partial charge in [0.25, 0.3) is 0 Å². The van der Waals surface area contributed by atoms with Crippen LogP contribution in [0.2, 0.25) is 0 Å². The monoisotopic (exact) mass is 500 g/mol. The maximum Gasteiger partial charge on any atom is 0.229 e. The van der Waals surface area contributed by atoms with Crippen LogP contribution in [0.4, 0.5) is 17.3 Å². The number of piperazine rings is 1. The molecule has 2 fully saturated rings. The van der Waals surface area contributed by atoms with Gasteiger partial charge in [0.2, 0.25) is 5.95 Å². The average molecular weight is 501 g/mol. The number of rotatable bonds is 6. The summed E-state index contributed by atoms with van der Waals surface area (Å²) in [6.45, 7) is 4.17. The Hall–Kier alpha value is -3.59. The first-order chi connectivity index (χ1) is 18.1. The Kier molecular flexibility index (Phi) is 6.46. The molecule has 0 spiro atoms. The Morgan fingerprint density at radius 1 is 0.973 bits per heavy atom. The van der Waals surface area contributed by atoms with Gasteiger partial charge in [-0.2, -0.15) is 10.1 Å². The predicted molar refractivity (Wildman–Crippen MR) is 148 cm³/mol. The standard InChI is InChI=1S/C28H36N8O/c1-33-11-13-35(14-12-33)23-9-10-24(26(16-23)37-3)31-28-29-17-20-15-25(21-18-30-34(2)19-21)36(27(20)32-28)22-7-5-4-6-8-22/h9-10,15-19,22H,4-8,11-14H2,1-3H3,(H,29,31,32). The summed E-state index contributed by atoms with van der Waals surface area (Å²) in [5.74, 6) is 1.37. The molecule has 1 saturated carbocycles. The largest absolute Gasteiger partial charge is 0.494 e. The summed E-state index contributed by atoms with van der Waals surface area (Å²) in [5.41, 5.74) is 5.29. The molecule has 37 heavy (non-hydrogen) atoms. The van der Waals surface area contributed by atoms with E-state index in [9.17, 15) is 0 Å². The highest BCUT2D eigenvalue weighted by Crippen LogP contribution is 2.38. The maximum atomic E-state index is 5.77. The van der Waals surface area contributed by atoms with Crippen LogP contribution in [0.5, 0.6) is 5.75 Å². The third-order valence-corrected chi connectivity index (χ3v) is 7.82. The third-order valence-electron chi connectivity index (χ3n) is 7.82. The highest BCUT2D eigenvalue weighted by molar-refractivity contribution is 5.85. The molecule has 0 radical (unpaired) electrons. The Bertz CT molecular complexity index is 1380. The molecule has 6 rings (SSSR count). The lowest BCUT2D eigenvalue weighted by atomic mass is 9.95. The first-order valence-electron chi connectivity index (χ1n) is 13.3. The van der Waals surface area contributed by atoms with Crippen LogP contribution in [-0.2, 0) is 7.05 Å². The van der Waals surface area contributed by atoms with Crippen LogP contribution in [0.25, 0.3) is 22.3 Å². The molecule has 4 heterocycles. The summed E-state index contributed by atoms with van der Waals surface area (Å²) in [6.07, 6.45) is 12.1. The average Bonchev–Trinajstić information content (AvgIpc) is 3.53. The fourth-order valence-corrected chi connectivity index (χ4v) is 5.72. The molecule has 4 aromatic rings. The Balaban J connectivity index is 1.34. The highest BCUT2D eigenvalue weighted by Gasteiger charge is 2.23. The van der Waals surface area contributed by atoms with Crippen LogP contribution >= 0.6 is 0 Å². The Morgan fingerprint density at radius 2 is 1.78 bits per heavy atom. The van der Waals surface area contributed by atoms with E-state index in [0.717, 1.165) is 59.9 Å². The highest BCUT2D eigenvalue weighted by atomic mass is 16.5. The van der Waals surface area contributed by atoms with Crippen molar-refractivity contribution in [2.45, 2.75) is 38.1 Å². The molecule has 1 aliphatic heterocycles. The smallest absolute Gasteiger partial charge is 0.229 e. The lowest BCUT2D eigenvalue weighted by Gasteiger charge is -2.34. The van der Waals surface area contributed by atoms with Gasteiger partial charge in [0.05, 0.1) is 24.7 Å². The van der Waals surface area contributed by atoms with Crippen molar-refractivity contribution in [1.82, 2.24) is 29.2 Å². The number of hydrogen-bond acceptors (Lipinski definition) is 7. The molecular formula is C28H36N8O. The molecule has 3 aromatic heterocycles. The molecule has 2 aliphatic rings. The summed E-state index contributed by atoms with van der Waals surface area (Å²) in [7, 11) is 5.85. The maximum absolute atomic E-state index is 5.77. The lowest BCUT2D eigenvalue weighted by molar-refractivity contribution is 0.312. The molecule has 0 bridgehead atoms. The summed E-state index contributed by atoms with van der Waals surface area (Å²) >= 11 is 0. The summed E-state index contributed by atoms with van der Waals surface area (Å²) < 4.78 is 10.0. The van der Waals surface area contributed by atoms with Crippen LogP contribution < -0.4 is 15.0 Å². The van der Waals surface area contributed by atoms with Gasteiger partial charge in [0.1, 0.15) is 11.4 Å². The summed E-state index contributed by atoms with van der Waals surface area (Å²) in [5, 5.41) is 8.90. The van der Waals surface area contributed by atoms with Crippen LogP contribution in [0.15, 0.2) is 42.9 Å². The number of aromatic nitrogens is 5. The number of methoxy groups -OCH3 is 1. The number of fused-ring (bicyclic) bond motifs is 1. The molecule has 0 amide bonds. The lowest BCUT2D eigenvalue weighted by Crippen LogP contribution is -2.44. The number of nitrogens with one attached hydrogen (secondary N) is 1. The van der Waals surface area contributed by atoms with Gasteiger partial charge in [-0.3, -0.25) is 4.68 Å². The quantitative estimate of drug-likeness (QED) is 0.406. The van der Waals surface area contributed by atoms with E-state index in [1.54, 1.807) is 7.11 Å². The minimum absolute atomic E-state index is 0.432. The SMILES string of the molecule is COc1cc(N2CCN(C)CC2)ccc1Nc1ncc2cc(-c3cnn(C)c3)n(C3CCCCC3)c2n1. The summed E-state index contributed by atoms with van der Waals surface area (Å²) in [6, 6.07) is 8.97. The van der Waals surface area contributed by atoms with Gasteiger partial charge in [-0.15, -0.1) is 0 Å². The van der Waals surface area contributed by atoms with Crippen molar-refractivity contribution in [2.75, 3.05) is 50.6 Å². The molecule has 1 aliphatic carbocycles. The zero-order valence-corrected chi connectivity index (χ0v) is 22.0. The Labute approximate surface area is 218 Å². The van der Waals surface area contributed by atoms with Crippen LogP contribution in [-0.4, -0.2) is 69.6 Å². The molecule has 9 nitrogen and oxygen atoms in total. The van der Waals surface area contributed by atoms with Crippen molar-refractivity contribution in [3.8, 4) is 17.0 Å². The molecule has 194 valence electrons. The summed E-state index contributed by atoms with van der Waals surface area (Å²) in [4.78, 5) is 14.5. The molecule has 1 N–H and O–H groups in total. The van der Waals surface area contributed by atoms with Crippen molar-refractivity contribution in [3.05, 3.63) is 42.9 Å². The van der Waals surface area contributed by atoms with Gasteiger partial charge in [-0.25, -0.2) is 4.98 Å². The van der Waals surface area contributed by atoms with E-state index in [-0.39, 0.29) is 0 Å². The van der Waals surface area contributed by atoms with Crippen molar-refractivity contribution in [2.24, 2.45) is 7.05 Å². The van der Waals surface area contributed by atoms with Crippen LogP contribution in [0, 0.1) is 0 Å². The van der Waals surface area contributed by atoms with E-state index >= 15 is 0 Å². The second kappa shape index (κ2) is 10.0. The normalized spacial score (nSPS) is 17.4. The third kappa shape index (κ3) is 4.75. The van der Waals surface area contributed by atoms with Gasteiger partial charge in [-0.1, -0.05) is 19.3 Å². The van der Waals surface area contributed by atoms with Crippen molar-refractivity contribution in [1.29, 1.82) is 0 Å². The van der Waals surface area contributed by atoms with Gasteiger partial charge < -0.3 is 24.4 Å². The molecule has 1 aromatic carbocycles. The van der Waals surface area contributed by atoms with E-state index < -0.39 is 0 Å². The van der Waals surface area contributed by atoms with Crippen molar-refractivity contribution < 1.29 is 4.74 Å². The number of nitrogens with zero attached hydrogens (tertiary/aromatic N) is 7. The van der Waals surface area contributed by atoms with E-state index in [2.05, 4.69) is 67.3 Å². The fourth-order valence-electron chi connectivity index (χ4n) is 5.72. The zero-order chi connectivity index (χ0) is 25.4. The van der Waals surface area contributed by atoms with E-state index in [0.29, 0.717) is 12.0 Å². The van der Waals surface area contributed by atoms with Crippen LogP contribution in [0.1, 0.15) is 38.1 Å². The minimum Gasteiger partial charge on any atom is -0.494 e. The van der Waals surface area contributed by atoms with Gasteiger partial charge in [0, 0.05) is 74.4 Å². The number of benzene rings is 1. The van der Waals surface area contributed by atoms with Crippen LogP contribution in [0.3, 0.4) is 0 Å². The molecule has 0 unspecified atom stereocenters. The Morgan fingerprint density at radius 3 is 2.51 bits per heavy atom. The predicted octanol–water partition coefficient (Wildman–Crippen LogP) is 4.84.